The first-order valence-corrected chi connectivity index (χ1v) is 6.68. The summed E-state index contributed by atoms with van der Waals surface area (Å²) in [5.74, 6) is 0.642. The van der Waals surface area contributed by atoms with Crippen molar-refractivity contribution in [3.8, 4) is 0 Å². The lowest BCUT2D eigenvalue weighted by atomic mass is 10.1. The third-order valence-corrected chi connectivity index (χ3v) is 3.25. The van der Waals surface area contributed by atoms with Crippen molar-refractivity contribution >= 4 is 0 Å². The zero-order chi connectivity index (χ0) is 12.0. The summed E-state index contributed by atoms with van der Waals surface area (Å²) in [5.41, 5.74) is 0. The van der Waals surface area contributed by atoms with Crippen LogP contribution in [-0.2, 0) is 4.74 Å². The highest BCUT2D eigenvalue weighted by Crippen LogP contribution is 2.08. The van der Waals surface area contributed by atoms with Gasteiger partial charge in [-0.3, -0.25) is 4.90 Å². The first-order valence-electron chi connectivity index (χ1n) is 6.68. The summed E-state index contributed by atoms with van der Waals surface area (Å²) in [6, 6.07) is 1.31. The van der Waals surface area contributed by atoms with Crippen LogP contribution in [0.4, 0.5) is 0 Å². The third kappa shape index (κ3) is 4.81. The lowest BCUT2D eigenvalue weighted by Gasteiger charge is -2.38. The molecule has 1 aliphatic rings. The molecular formula is C13H28N2O. The monoisotopic (exact) mass is 228 g/mol. The first kappa shape index (κ1) is 13.9. The summed E-state index contributed by atoms with van der Waals surface area (Å²) in [6.07, 6.45) is 1.22. The van der Waals surface area contributed by atoms with Gasteiger partial charge in [0, 0.05) is 38.3 Å². The van der Waals surface area contributed by atoms with Crippen LogP contribution in [0.2, 0.25) is 0 Å². The molecule has 0 saturated carbocycles. The molecule has 0 aromatic rings. The van der Waals surface area contributed by atoms with Crippen LogP contribution >= 0.6 is 0 Å². The van der Waals surface area contributed by atoms with Gasteiger partial charge in [-0.25, -0.2) is 0 Å². The lowest BCUT2D eigenvalue weighted by molar-refractivity contribution is 0.0588. The quantitative estimate of drug-likeness (QED) is 0.701. The van der Waals surface area contributed by atoms with Crippen molar-refractivity contribution in [2.24, 2.45) is 5.92 Å². The van der Waals surface area contributed by atoms with Crippen molar-refractivity contribution in [1.29, 1.82) is 0 Å². The number of rotatable bonds is 6. The average Bonchev–Trinajstić information content (AvgIpc) is 2.26. The van der Waals surface area contributed by atoms with E-state index in [4.69, 9.17) is 4.74 Å². The van der Waals surface area contributed by atoms with Crippen LogP contribution < -0.4 is 5.32 Å². The number of hydrogen-bond donors (Lipinski definition) is 1. The minimum absolute atomic E-state index is 0.642. The highest BCUT2D eigenvalue weighted by molar-refractivity contribution is 4.82. The van der Waals surface area contributed by atoms with Gasteiger partial charge in [0.1, 0.15) is 0 Å². The van der Waals surface area contributed by atoms with Gasteiger partial charge < -0.3 is 10.1 Å². The van der Waals surface area contributed by atoms with E-state index in [2.05, 4.69) is 37.9 Å². The maximum atomic E-state index is 5.65. The Bertz CT molecular complexity index is 185. The van der Waals surface area contributed by atoms with E-state index < -0.39 is 0 Å². The molecule has 0 amide bonds. The molecule has 16 heavy (non-hydrogen) atoms. The maximum Gasteiger partial charge on any atom is 0.0593 e. The van der Waals surface area contributed by atoms with Crippen molar-refractivity contribution in [3.63, 3.8) is 0 Å². The Hall–Kier alpha value is -0.120. The van der Waals surface area contributed by atoms with E-state index in [0.29, 0.717) is 18.0 Å². The molecule has 2 unspecified atom stereocenters. The topological polar surface area (TPSA) is 24.5 Å². The summed E-state index contributed by atoms with van der Waals surface area (Å²) in [6.45, 7) is 14.1. The van der Waals surface area contributed by atoms with Gasteiger partial charge in [-0.15, -0.1) is 0 Å². The zero-order valence-electron chi connectivity index (χ0n) is 11.3. The molecule has 0 aromatic heterocycles. The number of piperazine rings is 1. The molecule has 0 spiro atoms. The summed E-state index contributed by atoms with van der Waals surface area (Å²) >= 11 is 0. The Morgan fingerprint density at radius 2 is 2.19 bits per heavy atom. The molecule has 1 heterocycles. The second kappa shape index (κ2) is 7.25. The molecule has 1 N–H and O–H groups in total. The van der Waals surface area contributed by atoms with E-state index >= 15 is 0 Å². The molecule has 1 fully saturated rings. The van der Waals surface area contributed by atoms with Gasteiger partial charge >= 0.3 is 0 Å². The Morgan fingerprint density at radius 3 is 2.81 bits per heavy atom. The number of ether oxygens (including phenoxy) is 1. The Kier molecular flexibility index (Phi) is 6.32. The van der Waals surface area contributed by atoms with E-state index in [0.717, 1.165) is 26.3 Å². The second-order valence-electron chi connectivity index (χ2n) is 5.33. The number of nitrogens with zero attached hydrogens (tertiary/aromatic N) is 1. The molecule has 3 heteroatoms. The van der Waals surface area contributed by atoms with Crippen LogP contribution in [0.1, 0.15) is 34.1 Å². The second-order valence-corrected chi connectivity index (χ2v) is 5.33. The van der Waals surface area contributed by atoms with Crippen molar-refractivity contribution < 1.29 is 4.74 Å². The zero-order valence-corrected chi connectivity index (χ0v) is 11.3. The van der Waals surface area contributed by atoms with Crippen LogP contribution in [-0.4, -0.2) is 49.8 Å². The number of hydrogen-bond acceptors (Lipinski definition) is 3. The lowest BCUT2D eigenvalue weighted by Crippen LogP contribution is -2.55. The number of nitrogens with one attached hydrogen (secondary N) is 1. The van der Waals surface area contributed by atoms with Gasteiger partial charge in [0.15, 0.2) is 0 Å². The molecule has 1 saturated heterocycles. The van der Waals surface area contributed by atoms with E-state index in [-0.39, 0.29) is 0 Å². The van der Waals surface area contributed by atoms with Crippen LogP contribution in [0.5, 0.6) is 0 Å². The average molecular weight is 228 g/mol. The fourth-order valence-electron chi connectivity index (χ4n) is 2.08. The van der Waals surface area contributed by atoms with Crippen molar-refractivity contribution in [2.75, 3.05) is 32.8 Å². The van der Waals surface area contributed by atoms with Gasteiger partial charge in [-0.2, -0.15) is 0 Å². The molecule has 1 aliphatic heterocycles. The summed E-state index contributed by atoms with van der Waals surface area (Å²) in [4.78, 5) is 2.55. The normalized spacial score (nSPS) is 27.6. The highest BCUT2D eigenvalue weighted by Gasteiger charge is 2.23. The van der Waals surface area contributed by atoms with E-state index in [1.54, 1.807) is 0 Å². The minimum Gasteiger partial charge on any atom is -0.380 e. The molecule has 96 valence electrons. The predicted octanol–water partition coefficient (Wildman–Crippen LogP) is 1.73. The Balaban J connectivity index is 2.18. The summed E-state index contributed by atoms with van der Waals surface area (Å²) < 4.78 is 5.65. The van der Waals surface area contributed by atoms with Gasteiger partial charge in [0.2, 0.25) is 0 Å². The molecule has 0 radical (unpaired) electrons. The minimum atomic E-state index is 0.642. The highest BCUT2D eigenvalue weighted by atomic mass is 16.5. The van der Waals surface area contributed by atoms with Gasteiger partial charge in [0.05, 0.1) is 6.61 Å². The SMILES string of the molecule is CCC1CN(CCOCC(C)C)C(C)CN1. The van der Waals surface area contributed by atoms with E-state index in [9.17, 15) is 0 Å². The Labute approximate surface area is 101 Å². The molecular weight excluding hydrogens is 200 g/mol. The van der Waals surface area contributed by atoms with E-state index in [1.807, 2.05) is 0 Å². The largest absolute Gasteiger partial charge is 0.380 e. The van der Waals surface area contributed by atoms with Crippen molar-refractivity contribution in [3.05, 3.63) is 0 Å². The standard InChI is InChI=1S/C13H28N2O/c1-5-13-9-15(12(4)8-14-13)6-7-16-10-11(2)3/h11-14H,5-10H2,1-4H3. The van der Waals surface area contributed by atoms with Crippen LogP contribution in [0, 0.1) is 5.92 Å². The van der Waals surface area contributed by atoms with Crippen LogP contribution in [0.3, 0.4) is 0 Å². The molecule has 2 atom stereocenters. The summed E-state index contributed by atoms with van der Waals surface area (Å²) in [5, 5.41) is 3.57. The van der Waals surface area contributed by atoms with Crippen LogP contribution in [0.25, 0.3) is 0 Å². The van der Waals surface area contributed by atoms with Crippen LogP contribution in [0.15, 0.2) is 0 Å². The molecule has 1 rings (SSSR count). The van der Waals surface area contributed by atoms with Gasteiger partial charge in [0.25, 0.3) is 0 Å². The van der Waals surface area contributed by atoms with E-state index in [1.165, 1.54) is 13.0 Å². The van der Waals surface area contributed by atoms with Gasteiger partial charge in [-0.05, 0) is 19.3 Å². The maximum absolute atomic E-state index is 5.65. The Morgan fingerprint density at radius 1 is 1.44 bits per heavy atom. The fraction of sp³-hybridized carbons (Fsp3) is 1.00. The molecule has 3 nitrogen and oxygen atoms in total. The molecule has 0 aliphatic carbocycles. The summed E-state index contributed by atoms with van der Waals surface area (Å²) in [7, 11) is 0. The molecule has 0 aromatic carbocycles. The fourth-order valence-corrected chi connectivity index (χ4v) is 2.08. The third-order valence-electron chi connectivity index (χ3n) is 3.25. The first-order chi connectivity index (χ1) is 7.63. The van der Waals surface area contributed by atoms with Gasteiger partial charge in [-0.1, -0.05) is 20.8 Å². The van der Waals surface area contributed by atoms with Crippen molar-refractivity contribution in [1.82, 2.24) is 10.2 Å². The smallest absolute Gasteiger partial charge is 0.0593 e. The van der Waals surface area contributed by atoms with Crippen molar-refractivity contribution in [2.45, 2.75) is 46.2 Å². The molecule has 0 bridgehead atoms. The predicted molar refractivity (Wildman–Crippen MR) is 68.8 cm³/mol.